The molecule has 1 aliphatic rings. The van der Waals surface area contributed by atoms with E-state index in [0.29, 0.717) is 11.8 Å². The molecule has 1 atom stereocenters. The van der Waals surface area contributed by atoms with Gasteiger partial charge in [-0.05, 0) is 6.42 Å². The first-order valence-electron chi connectivity index (χ1n) is 2.55. The molecule has 0 aromatic carbocycles. The molecular weight excluding hydrogens is 147 g/mol. The lowest BCUT2D eigenvalue weighted by atomic mass is 10.2. The highest BCUT2D eigenvalue weighted by Gasteiger charge is 2.51. The summed E-state index contributed by atoms with van der Waals surface area (Å²) in [6, 6.07) is 0. The van der Waals surface area contributed by atoms with Crippen LogP contribution in [0.4, 0.5) is 0 Å². The van der Waals surface area contributed by atoms with Crippen molar-refractivity contribution >= 4 is 23.2 Å². The molecule has 1 N–H and O–H groups in total. The lowest BCUT2D eigenvalue weighted by molar-refractivity contribution is 0.238. The van der Waals surface area contributed by atoms with Crippen molar-refractivity contribution in [2.75, 3.05) is 11.8 Å². The van der Waals surface area contributed by atoms with E-state index in [4.69, 9.17) is 28.3 Å². The molecule has 8 heavy (non-hydrogen) atoms. The van der Waals surface area contributed by atoms with Crippen LogP contribution in [0.2, 0.25) is 0 Å². The molecule has 0 aliphatic heterocycles. The summed E-state index contributed by atoms with van der Waals surface area (Å²) < 4.78 is 0. The van der Waals surface area contributed by atoms with E-state index < -0.39 is 0 Å². The standard InChI is InChI=1S/C5H8Cl2O/c6-2-5(3-7)1-4(5)8/h4,8H,1-3H2. The normalized spacial score (nSPS) is 32.6. The van der Waals surface area contributed by atoms with Gasteiger partial charge in [0.1, 0.15) is 0 Å². The van der Waals surface area contributed by atoms with Gasteiger partial charge in [0.25, 0.3) is 0 Å². The maximum atomic E-state index is 8.91. The number of hydrogen-bond acceptors (Lipinski definition) is 1. The van der Waals surface area contributed by atoms with Gasteiger partial charge < -0.3 is 5.11 Å². The molecule has 1 fully saturated rings. The smallest absolute Gasteiger partial charge is 0.0627 e. The van der Waals surface area contributed by atoms with Crippen LogP contribution in [-0.2, 0) is 0 Å². The Labute approximate surface area is 58.6 Å². The summed E-state index contributed by atoms with van der Waals surface area (Å²) in [5.74, 6) is 0.968. The van der Waals surface area contributed by atoms with Crippen molar-refractivity contribution in [3.05, 3.63) is 0 Å². The van der Waals surface area contributed by atoms with Gasteiger partial charge in [0, 0.05) is 17.2 Å². The second kappa shape index (κ2) is 2.05. The van der Waals surface area contributed by atoms with E-state index in [1.807, 2.05) is 0 Å². The Bertz CT molecular complexity index is 84.9. The average molecular weight is 155 g/mol. The average Bonchev–Trinajstić information content (AvgIpc) is 2.43. The Morgan fingerprint density at radius 2 is 1.88 bits per heavy atom. The number of aliphatic hydroxyl groups excluding tert-OH is 1. The lowest BCUT2D eigenvalue weighted by Gasteiger charge is -2.03. The highest BCUT2D eigenvalue weighted by molar-refractivity contribution is 6.21. The Hall–Kier alpha value is 0.540. The van der Waals surface area contributed by atoms with E-state index in [0.717, 1.165) is 6.42 Å². The lowest BCUT2D eigenvalue weighted by Crippen LogP contribution is -2.09. The molecule has 0 aromatic heterocycles. The van der Waals surface area contributed by atoms with Crippen LogP contribution < -0.4 is 0 Å². The molecule has 0 radical (unpaired) electrons. The van der Waals surface area contributed by atoms with Crippen molar-refractivity contribution in [2.45, 2.75) is 12.5 Å². The van der Waals surface area contributed by atoms with E-state index in [1.165, 1.54) is 0 Å². The molecule has 0 heterocycles. The van der Waals surface area contributed by atoms with E-state index >= 15 is 0 Å². The molecule has 1 rings (SSSR count). The molecule has 1 unspecified atom stereocenters. The third-order valence-electron chi connectivity index (χ3n) is 1.68. The largest absolute Gasteiger partial charge is 0.392 e. The van der Waals surface area contributed by atoms with E-state index in [1.54, 1.807) is 0 Å². The minimum Gasteiger partial charge on any atom is -0.392 e. The second-order valence-electron chi connectivity index (χ2n) is 2.35. The molecule has 3 heteroatoms. The minimum atomic E-state index is -0.238. The van der Waals surface area contributed by atoms with E-state index in [2.05, 4.69) is 0 Å². The number of alkyl halides is 2. The third-order valence-corrected chi connectivity index (χ3v) is 2.74. The van der Waals surface area contributed by atoms with Crippen molar-refractivity contribution in [1.29, 1.82) is 0 Å². The van der Waals surface area contributed by atoms with Gasteiger partial charge in [-0.25, -0.2) is 0 Å². The molecule has 1 aliphatic carbocycles. The van der Waals surface area contributed by atoms with Gasteiger partial charge in [-0.15, -0.1) is 23.2 Å². The molecule has 1 nitrogen and oxygen atoms in total. The fourth-order valence-electron chi connectivity index (χ4n) is 0.649. The van der Waals surface area contributed by atoms with Crippen LogP contribution in [0.1, 0.15) is 6.42 Å². The summed E-state index contributed by atoms with van der Waals surface area (Å²) in [5, 5.41) is 8.91. The van der Waals surface area contributed by atoms with Gasteiger partial charge in [0.05, 0.1) is 6.10 Å². The van der Waals surface area contributed by atoms with Crippen LogP contribution in [-0.4, -0.2) is 23.0 Å². The zero-order valence-corrected chi connectivity index (χ0v) is 5.91. The summed E-state index contributed by atoms with van der Waals surface area (Å²) in [5.41, 5.74) is -0.122. The van der Waals surface area contributed by atoms with Crippen molar-refractivity contribution < 1.29 is 5.11 Å². The summed E-state index contributed by atoms with van der Waals surface area (Å²) in [6.07, 6.45) is 0.539. The highest BCUT2D eigenvalue weighted by Crippen LogP contribution is 2.47. The SMILES string of the molecule is OC1CC1(CCl)CCl. The van der Waals surface area contributed by atoms with E-state index in [-0.39, 0.29) is 11.5 Å². The fraction of sp³-hybridized carbons (Fsp3) is 1.00. The highest BCUT2D eigenvalue weighted by atomic mass is 35.5. The van der Waals surface area contributed by atoms with Gasteiger partial charge in [-0.1, -0.05) is 0 Å². The zero-order chi connectivity index (χ0) is 6.20. The number of aliphatic hydroxyl groups is 1. The first-order chi connectivity index (χ1) is 3.75. The summed E-state index contributed by atoms with van der Waals surface area (Å²) >= 11 is 11.0. The predicted molar refractivity (Wildman–Crippen MR) is 34.5 cm³/mol. The van der Waals surface area contributed by atoms with Crippen molar-refractivity contribution in [3.8, 4) is 0 Å². The number of rotatable bonds is 2. The van der Waals surface area contributed by atoms with Crippen LogP contribution in [0.15, 0.2) is 0 Å². The first-order valence-corrected chi connectivity index (χ1v) is 3.62. The molecular formula is C5H8Cl2O. The Balaban J connectivity index is 2.39. The van der Waals surface area contributed by atoms with E-state index in [9.17, 15) is 0 Å². The maximum Gasteiger partial charge on any atom is 0.0627 e. The van der Waals surface area contributed by atoms with Crippen molar-refractivity contribution in [2.24, 2.45) is 5.41 Å². The Morgan fingerprint density at radius 3 is 1.88 bits per heavy atom. The molecule has 0 saturated heterocycles. The molecule has 48 valence electrons. The second-order valence-corrected chi connectivity index (χ2v) is 2.88. The molecule has 0 spiro atoms. The zero-order valence-electron chi connectivity index (χ0n) is 4.40. The topological polar surface area (TPSA) is 20.2 Å². The van der Waals surface area contributed by atoms with Crippen LogP contribution in [0.25, 0.3) is 0 Å². The summed E-state index contributed by atoms with van der Waals surface area (Å²) in [7, 11) is 0. The monoisotopic (exact) mass is 154 g/mol. The van der Waals surface area contributed by atoms with Crippen molar-refractivity contribution in [1.82, 2.24) is 0 Å². The minimum absolute atomic E-state index is 0.122. The molecule has 0 amide bonds. The quantitative estimate of drug-likeness (QED) is 0.594. The Morgan fingerprint density at radius 1 is 1.50 bits per heavy atom. The van der Waals surface area contributed by atoms with Crippen molar-refractivity contribution in [3.63, 3.8) is 0 Å². The fourth-order valence-corrected chi connectivity index (χ4v) is 1.51. The van der Waals surface area contributed by atoms with Gasteiger partial charge in [-0.2, -0.15) is 0 Å². The first kappa shape index (κ1) is 6.66. The van der Waals surface area contributed by atoms with Crippen LogP contribution in [0, 0.1) is 5.41 Å². The Kier molecular flexibility index (Phi) is 1.71. The van der Waals surface area contributed by atoms with Crippen LogP contribution in [0.3, 0.4) is 0 Å². The number of halogens is 2. The van der Waals surface area contributed by atoms with Gasteiger partial charge in [-0.3, -0.25) is 0 Å². The number of hydrogen-bond donors (Lipinski definition) is 1. The predicted octanol–water partition coefficient (Wildman–Crippen LogP) is 1.22. The third kappa shape index (κ3) is 0.831. The maximum absolute atomic E-state index is 8.91. The summed E-state index contributed by atoms with van der Waals surface area (Å²) in [6.45, 7) is 0. The van der Waals surface area contributed by atoms with Gasteiger partial charge in [0.2, 0.25) is 0 Å². The molecule has 0 bridgehead atoms. The molecule has 1 saturated carbocycles. The molecule has 0 aromatic rings. The van der Waals surface area contributed by atoms with Crippen LogP contribution in [0.5, 0.6) is 0 Å². The van der Waals surface area contributed by atoms with Crippen LogP contribution >= 0.6 is 23.2 Å². The van der Waals surface area contributed by atoms with Gasteiger partial charge in [0.15, 0.2) is 0 Å². The summed E-state index contributed by atoms with van der Waals surface area (Å²) in [4.78, 5) is 0. The van der Waals surface area contributed by atoms with Gasteiger partial charge >= 0.3 is 0 Å².